The zero-order chi connectivity index (χ0) is 22.4. The molecule has 2 N–H and O–H groups in total. The van der Waals surface area contributed by atoms with Crippen LogP contribution in [0.3, 0.4) is 0 Å². The number of carbonyl (C=O) groups excluding carboxylic acids is 3. The summed E-state index contributed by atoms with van der Waals surface area (Å²) >= 11 is 12.0. The number of rotatable bonds is 5. The van der Waals surface area contributed by atoms with Crippen LogP contribution < -0.4 is 10.6 Å². The van der Waals surface area contributed by atoms with Crippen molar-refractivity contribution in [3.05, 3.63) is 58.6 Å². The van der Waals surface area contributed by atoms with Gasteiger partial charge in [-0.05, 0) is 50.1 Å². The fourth-order valence-electron chi connectivity index (χ4n) is 3.19. The molecular formula is C22H23Cl2N3O4. The first-order valence-electron chi connectivity index (χ1n) is 9.91. The monoisotopic (exact) mass is 463 g/mol. The standard InChI is InChI=1S/C22H23Cl2N3O4/c1-14(20(28)26-19-13-16(23)7-8-18(19)24)31-21(29)15-9-11-27(12-10-15)22(30)25-17-5-3-2-4-6-17/h2-8,13-15H,9-12H2,1H3,(H,25,30)(H,26,28). The summed E-state index contributed by atoms with van der Waals surface area (Å²) in [4.78, 5) is 38.9. The van der Waals surface area contributed by atoms with Crippen LogP contribution in [-0.2, 0) is 14.3 Å². The van der Waals surface area contributed by atoms with Gasteiger partial charge in [-0.15, -0.1) is 0 Å². The number of esters is 1. The van der Waals surface area contributed by atoms with E-state index in [0.29, 0.717) is 47.4 Å². The first kappa shape index (κ1) is 22.9. The molecule has 0 aromatic heterocycles. The Morgan fingerprint density at radius 2 is 1.71 bits per heavy atom. The molecule has 1 fully saturated rings. The van der Waals surface area contributed by atoms with E-state index in [1.807, 2.05) is 30.3 Å². The lowest BCUT2D eigenvalue weighted by Crippen LogP contribution is -2.43. The van der Waals surface area contributed by atoms with Crippen LogP contribution in [0.2, 0.25) is 10.0 Å². The Kier molecular flexibility index (Phi) is 7.76. The minimum absolute atomic E-state index is 0.204. The third kappa shape index (κ3) is 6.35. The maximum Gasteiger partial charge on any atom is 0.321 e. The molecule has 1 atom stereocenters. The SMILES string of the molecule is CC(OC(=O)C1CCN(C(=O)Nc2ccccc2)CC1)C(=O)Nc1cc(Cl)ccc1Cl. The van der Waals surface area contributed by atoms with Crippen LogP contribution >= 0.6 is 23.2 Å². The highest BCUT2D eigenvalue weighted by Gasteiger charge is 2.30. The summed E-state index contributed by atoms with van der Waals surface area (Å²) in [6.45, 7) is 2.35. The molecule has 31 heavy (non-hydrogen) atoms. The second-order valence-corrected chi connectivity index (χ2v) is 8.09. The average Bonchev–Trinajstić information content (AvgIpc) is 2.77. The molecule has 0 saturated carbocycles. The van der Waals surface area contributed by atoms with Crippen molar-refractivity contribution >= 4 is 52.5 Å². The summed E-state index contributed by atoms with van der Waals surface area (Å²) < 4.78 is 5.34. The van der Waals surface area contributed by atoms with E-state index in [0.717, 1.165) is 0 Å². The number of halogens is 2. The second kappa shape index (κ2) is 10.5. The van der Waals surface area contributed by atoms with Gasteiger partial charge in [-0.25, -0.2) is 4.79 Å². The van der Waals surface area contributed by atoms with E-state index in [2.05, 4.69) is 10.6 Å². The summed E-state index contributed by atoms with van der Waals surface area (Å²) in [7, 11) is 0. The van der Waals surface area contributed by atoms with Crippen LogP contribution in [0.15, 0.2) is 48.5 Å². The quantitative estimate of drug-likeness (QED) is 0.622. The first-order valence-corrected chi connectivity index (χ1v) is 10.7. The molecule has 7 nitrogen and oxygen atoms in total. The van der Waals surface area contributed by atoms with Gasteiger partial charge in [-0.1, -0.05) is 41.4 Å². The van der Waals surface area contributed by atoms with E-state index < -0.39 is 18.0 Å². The van der Waals surface area contributed by atoms with Gasteiger partial charge in [0.15, 0.2) is 6.10 Å². The predicted molar refractivity (Wildman–Crippen MR) is 120 cm³/mol. The van der Waals surface area contributed by atoms with E-state index in [1.165, 1.54) is 13.0 Å². The number of urea groups is 1. The molecule has 164 valence electrons. The van der Waals surface area contributed by atoms with Crippen LogP contribution in [0.25, 0.3) is 0 Å². The first-order chi connectivity index (χ1) is 14.8. The number of hydrogen-bond donors (Lipinski definition) is 2. The molecule has 9 heteroatoms. The number of amides is 3. The van der Waals surface area contributed by atoms with Crippen LogP contribution in [0.5, 0.6) is 0 Å². The molecule has 1 aliphatic rings. The molecular weight excluding hydrogens is 441 g/mol. The highest BCUT2D eigenvalue weighted by atomic mass is 35.5. The lowest BCUT2D eigenvalue weighted by molar-refractivity contribution is -0.158. The topological polar surface area (TPSA) is 87.7 Å². The Labute approximate surface area is 190 Å². The number of para-hydroxylation sites is 1. The lowest BCUT2D eigenvalue weighted by atomic mass is 9.97. The number of benzene rings is 2. The van der Waals surface area contributed by atoms with Crippen molar-refractivity contribution in [1.29, 1.82) is 0 Å². The summed E-state index contributed by atoms with van der Waals surface area (Å²) in [6, 6.07) is 13.7. The van der Waals surface area contributed by atoms with Gasteiger partial charge in [0.2, 0.25) is 0 Å². The second-order valence-electron chi connectivity index (χ2n) is 7.25. The number of piperidine rings is 1. The van der Waals surface area contributed by atoms with E-state index in [1.54, 1.807) is 17.0 Å². The maximum absolute atomic E-state index is 12.5. The predicted octanol–water partition coefficient (Wildman–Crippen LogP) is 4.81. The number of likely N-dealkylation sites (tertiary alicyclic amines) is 1. The minimum atomic E-state index is -0.998. The highest BCUT2D eigenvalue weighted by Crippen LogP contribution is 2.26. The van der Waals surface area contributed by atoms with Crippen molar-refractivity contribution < 1.29 is 19.1 Å². The number of anilines is 2. The summed E-state index contributed by atoms with van der Waals surface area (Å²) in [5.74, 6) is -1.33. The Morgan fingerprint density at radius 3 is 2.39 bits per heavy atom. The Bertz CT molecular complexity index is 947. The van der Waals surface area contributed by atoms with Gasteiger partial charge >= 0.3 is 12.0 Å². The summed E-state index contributed by atoms with van der Waals surface area (Å²) in [6.07, 6.45) is -0.0627. The highest BCUT2D eigenvalue weighted by molar-refractivity contribution is 6.35. The van der Waals surface area contributed by atoms with Gasteiger partial charge in [0.25, 0.3) is 5.91 Å². The van der Waals surface area contributed by atoms with Crippen molar-refractivity contribution in [3.8, 4) is 0 Å². The van der Waals surface area contributed by atoms with Gasteiger partial charge in [0.05, 0.1) is 16.6 Å². The van der Waals surface area contributed by atoms with E-state index >= 15 is 0 Å². The van der Waals surface area contributed by atoms with Gasteiger partial charge in [-0.3, -0.25) is 9.59 Å². The van der Waals surface area contributed by atoms with Crippen LogP contribution in [0, 0.1) is 5.92 Å². The molecule has 1 unspecified atom stereocenters. The van der Waals surface area contributed by atoms with Crippen molar-refractivity contribution in [3.63, 3.8) is 0 Å². The fourth-order valence-corrected chi connectivity index (χ4v) is 3.53. The number of hydrogen-bond acceptors (Lipinski definition) is 4. The molecule has 2 aromatic rings. The number of nitrogens with one attached hydrogen (secondary N) is 2. The maximum atomic E-state index is 12.5. The molecule has 3 rings (SSSR count). The lowest BCUT2D eigenvalue weighted by Gasteiger charge is -2.31. The number of ether oxygens (including phenoxy) is 1. The molecule has 1 heterocycles. The molecule has 1 saturated heterocycles. The molecule has 0 bridgehead atoms. The third-order valence-electron chi connectivity index (χ3n) is 4.99. The van der Waals surface area contributed by atoms with Gasteiger partial charge in [-0.2, -0.15) is 0 Å². The zero-order valence-corrected chi connectivity index (χ0v) is 18.4. The van der Waals surface area contributed by atoms with Crippen LogP contribution in [0.4, 0.5) is 16.2 Å². The van der Waals surface area contributed by atoms with Crippen molar-refractivity contribution in [2.24, 2.45) is 5.92 Å². The molecule has 3 amide bonds. The summed E-state index contributed by atoms with van der Waals surface area (Å²) in [5.41, 5.74) is 1.06. The molecule has 0 spiro atoms. The zero-order valence-electron chi connectivity index (χ0n) is 16.9. The normalized spacial score (nSPS) is 15.1. The van der Waals surface area contributed by atoms with Gasteiger partial charge in [0.1, 0.15) is 0 Å². The van der Waals surface area contributed by atoms with Crippen LogP contribution in [0.1, 0.15) is 19.8 Å². The van der Waals surface area contributed by atoms with Crippen molar-refractivity contribution in [1.82, 2.24) is 4.90 Å². The van der Waals surface area contributed by atoms with Crippen molar-refractivity contribution in [2.75, 3.05) is 23.7 Å². The number of carbonyl (C=O) groups is 3. The van der Waals surface area contributed by atoms with E-state index in [4.69, 9.17) is 27.9 Å². The smallest absolute Gasteiger partial charge is 0.321 e. The minimum Gasteiger partial charge on any atom is -0.452 e. The number of nitrogens with zero attached hydrogens (tertiary/aromatic N) is 1. The van der Waals surface area contributed by atoms with Gasteiger partial charge in [0, 0.05) is 23.8 Å². The van der Waals surface area contributed by atoms with E-state index in [-0.39, 0.29) is 11.9 Å². The fraction of sp³-hybridized carbons (Fsp3) is 0.318. The largest absolute Gasteiger partial charge is 0.452 e. The Morgan fingerprint density at radius 1 is 1.03 bits per heavy atom. The Balaban J connectivity index is 1.46. The molecule has 2 aromatic carbocycles. The van der Waals surface area contributed by atoms with Crippen molar-refractivity contribution in [2.45, 2.75) is 25.9 Å². The van der Waals surface area contributed by atoms with Crippen LogP contribution in [-0.4, -0.2) is 42.0 Å². The molecule has 0 radical (unpaired) electrons. The molecule has 0 aliphatic carbocycles. The third-order valence-corrected chi connectivity index (χ3v) is 5.55. The summed E-state index contributed by atoms with van der Waals surface area (Å²) in [5, 5.41) is 6.20. The molecule has 1 aliphatic heterocycles. The Hall–Kier alpha value is -2.77. The van der Waals surface area contributed by atoms with E-state index in [9.17, 15) is 14.4 Å². The average molecular weight is 464 g/mol. The van der Waals surface area contributed by atoms with Gasteiger partial charge < -0.3 is 20.3 Å².